The zero-order chi connectivity index (χ0) is 15.4. The van der Waals surface area contributed by atoms with Crippen LogP contribution in [0, 0.1) is 3.57 Å². The minimum absolute atomic E-state index is 0.348. The molecular weight excluding hydrogens is 387 g/mol. The Kier molecular flexibility index (Phi) is 4.53. The maximum absolute atomic E-state index is 12.3. The summed E-state index contributed by atoms with van der Waals surface area (Å²) in [6.45, 7) is 0. The Hall–Kier alpha value is -2.14. The molecule has 0 aliphatic heterocycles. The lowest BCUT2D eigenvalue weighted by Gasteiger charge is -2.11. The summed E-state index contributed by atoms with van der Waals surface area (Å²) in [5.41, 5.74) is 2.51. The number of carbonyl (C=O) groups is 1. The maximum Gasteiger partial charge on any atom is 0.343 e. The quantitative estimate of drug-likeness (QED) is 0.344. The number of rotatable bonds is 3. The molecule has 0 heterocycles. The van der Waals surface area contributed by atoms with E-state index in [1.165, 1.54) is 0 Å². The molecule has 3 rings (SSSR count). The standard InChI is InChI=1S/C19H13IO2/c20-17-12-6-4-10-15(17)16-11-5-7-13-18(16)22-19(21)14-8-2-1-3-9-14/h1-13H. The van der Waals surface area contributed by atoms with Crippen molar-refractivity contribution in [3.63, 3.8) is 0 Å². The summed E-state index contributed by atoms with van der Waals surface area (Å²) in [5.74, 6) is 0.222. The Morgan fingerprint density at radius 3 is 2.05 bits per heavy atom. The summed E-state index contributed by atoms with van der Waals surface area (Å²) in [4.78, 5) is 12.3. The fourth-order valence-electron chi connectivity index (χ4n) is 2.19. The molecule has 3 aromatic carbocycles. The third-order valence-corrected chi connectivity index (χ3v) is 4.20. The van der Waals surface area contributed by atoms with Crippen molar-refractivity contribution in [2.24, 2.45) is 0 Å². The molecule has 0 unspecified atom stereocenters. The van der Waals surface area contributed by atoms with Gasteiger partial charge in [-0.1, -0.05) is 54.6 Å². The molecule has 2 nitrogen and oxygen atoms in total. The van der Waals surface area contributed by atoms with Crippen molar-refractivity contribution in [3.05, 3.63) is 88.0 Å². The SMILES string of the molecule is O=C(Oc1ccccc1-c1ccccc1I)c1ccccc1. The van der Waals surface area contributed by atoms with E-state index in [1.54, 1.807) is 12.1 Å². The summed E-state index contributed by atoms with van der Waals surface area (Å²) in [6, 6.07) is 24.6. The van der Waals surface area contributed by atoms with Gasteiger partial charge in [-0.2, -0.15) is 0 Å². The van der Waals surface area contributed by atoms with E-state index >= 15 is 0 Å². The Bertz CT molecular complexity index is 797. The van der Waals surface area contributed by atoms with Crippen LogP contribution in [0.15, 0.2) is 78.9 Å². The van der Waals surface area contributed by atoms with Gasteiger partial charge in [-0.3, -0.25) is 0 Å². The molecule has 0 bridgehead atoms. The maximum atomic E-state index is 12.3. The fourth-order valence-corrected chi connectivity index (χ4v) is 2.87. The molecule has 0 N–H and O–H groups in total. The van der Waals surface area contributed by atoms with Crippen molar-refractivity contribution < 1.29 is 9.53 Å². The predicted molar refractivity (Wildman–Crippen MR) is 96.0 cm³/mol. The van der Waals surface area contributed by atoms with Gasteiger partial charge in [0.25, 0.3) is 0 Å². The molecule has 22 heavy (non-hydrogen) atoms. The number of benzene rings is 3. The van der Waals surface area contributed by atoms with E-state index in [2.05, 4.69) is 22.6 Å². The molecule has 0 radical (unpaired) electrons. The van der Waals surface area contributed by atoms with E-state index in [-0.39, 0.29) is 5.97 Å². The monoisotopic (exact) mass is 400 g/mol. The summed E-state index contributed by atoms with van der Waals surface area (Å²) in [6.07, 6.45) is 0. The van der Waals surface area contributed by atoms with Gasteiger partial charge in [0.1, 0.15) is 5.75 Å². The molecule has 0 atom stereocenters. The van der Waals surface area contributed by atoms with Gasteiger partial charge >= 0.3 is 5.97 Å². The molecule has 0 aliphatic rings. The van der Waals surface area contributed by atoms with Crippen LogP contribution < -0.4 is 4.74 Å². The lowest BCUT2D eigenvalue weighted by molar-refractivity contribution is 0.0735. The van der Waals surface area contributed by atoms with Crippen molar-refractivity contribution in [2.75, 3.05) is 0 Å². The van der Waals surface area contributed by atoms with Crippen molar-refractivity contribution in [1.29, 1.82) is 0 Å². The Morgan fingerprint density at radius 1 is 0.727 bits per heavy atom. The molecule has 0 aliphatic carbocycles. The van der Waals surface area contributed by atoms with Gasteiger partial charge in [0.2, 0.25) is 0 Å². The van der Waals surface area contributed by atoms with Crippen molar-refractivity contribution in [1.82, 2.24) is 0 Å². The predicted octanol–water partition coefficient (Wildman–Crippen LogP) is 5.18. The number of hydrogen-bond acceptors (Lipinski definition) is 2. The number of hydrogen-bond donors (Lipinski definition) is 0. The molecule has 0 spiro atoms. The van der Waals surface area contributed by atoms with Crippen LogP contribution >= 0.6 is 22.6 Å². The van der Waals surface area contributed by atoms with E-state index in [0.29, 0.717) is 11.3 Å². The molecule has 3 heteroatoms. The van der Waals surface area contributed by atoms with E-state index < -0.39 is 0 Å². The van der Waals surface area contributed by atoms with Gasteiger partial charge in [-0.25, -0.2) is 4.79 Å². The van der Waals surface area contributed by atoms with Crippen LogP contribution in [0.4, 0.5) is 0 Å². The van der Waals surface area contributed by atoms with Crippen LogP contribution in [0.25, 0.3) is 11.1 Å². The van der Waals surface area contributed by atoms with Crippen LogP contribution in [0.5, 0.6) is 5.75 Å². The number of ether oxygens (including phenoxy) is 1. The van der Waals surface area contributed by atoms with Crippen LogP contribution in [-0.2, 0) is 0 Å². The van der Waals surface area contributed by atoms with Crippen LogP contribution in [-0.4, -0.2) is 5.97 Å². The van der Waals surface area contributed by atoms with Crippen LogP contribution in [0.2, 0.25) is 0 Å². The van der Waals surface area contributed by atoms with Crippen molar-refractivity contribution in [3.8, 4) is 16.9 Å². The third-order valence-electron chi connectivity index (χ3n) is 3.26. The molecule has 0 saturated carbocycles. The third kappa shape index (κ3) is 3.20. The van der Waals surface area contributed by atoms with Gasteiger partial charge < -0.3 is 4.74 Å². The molecule has 0 amide bonds. The first-order chi connectivity index (χ1) is 10.8. The number of esters is 1. The number of carbonyl (C=O) groups excluding carboxylic acids is 1. The average Bonchev–Trinajstić information content (AvgIpc) is 2.57. The highest BCUT2D eigenvalue weighted by atomic mass is 127. The van der Waals surface area contributed by atoms with Crippen molar-refractivity contribution in [2.45, 2.75) is 0 Å². The molecule has 3 aromatic rings. The van der Waals surface area contributed by atoms with Gasteiger partial charge in [0, 0.05) is 9.13 Å². The smallest absolute Gasteiger partial charge is 0.343 e. The highest BCUT2D eigenvalue weighted by Crippen LogP contribution is 2.33. The number of para-hydroxylation sites is 1. The molecule has 0 saturated heterocycles. The first-order valence-electron chi connectivity index (χ1n) is 6.87. The second kappa shape index (κ2) is 6.75. The van der Waals surface area contributed by atoms with E-state index in [4.69, 9.17) is 4.74 Å². The highest BCUT2D eigenvalue weighted by Gasteiger charge is 2.13. The zero-order valence-corrected chi connectivity index (χ0v) is 13.9. The van der Waals surface area contributed by atoms with E-state index in [1.807, 2.05) is 66.7 Å². The summed E-state index contributed by atoms with van der Waals surface area (Å²) < 4.78 is 6.71. The second-order valence-corrected chi connectivity index (χ2v) is 5.89. The summed E-state index contributed by atoms with van der Waals surface area (Å²) >= 11 is 2.29. The molecule has 108 valence electrons. The van der Waals surface area contributed by atoms with Gasteiger partial charge in [0.15, 0.2) is 0 Å². The largest absolute Gasteiger partial charge is 0.422 e. The Labute approximate surface area is 142 Å². The molecule has 0 fully saturated rings. The summed E-state index contributed by atoms with van der Waals surface area (Å²) in [5, 5.41) is 0. The van der Waals surface area contributed by atoms with Gasteiger partial charge in [-0.05, 0) is 52.4 Å². The second-order valence-electron chi connectivity index (χ2n) is 4.73. The molecule has 0 aromatic heterocycles. The Morgan fingerprint density at radius 2 is 1.32 bits per heavy atom. The molecular formula is C19H13IO2. The van der Waals surface area contributed by atoms with E-state index in [0.717, 1.165) is 14.7 Å². The minimum atomic E-state index is -0.348. The van der Waals surface area contributed by atoms with Gasteiger partial charge in [0.05, 0.1) is 5.56 Å². The lowest BCUT2D eigenvalue weighted by Crippen LogP contribution is -2.08. The average molecular weight is 400 g/mol. The van der Waals surface area contributed by atoms with Gasteiger partial charge in [-0.15, -0.1) is 0 Å². The fraction of sp³-hybridized carbons (Fsp3) is 0. The first-order valence-corrected chi connectivity index (χ1v) is 7.95. The van der Waals surface area contributed by atoms with Crippen LogP contribution in [0.1, 0.15) is 10.4 Å². The number of halogens is 1. The Balaban J connectivity index is 1.96. The normalized spacial score (nSPS) is 10.2. The minimum Gasteiger partial charge on any atom is -0.422 e. The lowest BCUT2D eigenvalue weighted by atomic mass is 10.0. The van der Waals surface area contributed by atoms with Crippen molar-refractivity contribution >= 4 is 28.6 Å². The summed E-state index contributed by atoms with van der Waals surface area (Å²) in [7, 11) is 0. The van der Waals surface area contributed by atoms with Crippen LogP contribution in [0.3, 0.4) is 0 Å². The topological polar surface area (TPSA) is 26.3 Å². The van der Waals surface area contributed by atoms with E-state index in [9.17, 15) is 4.79 Å². The first kappa shape index (κ1) is 14.8. The zero-order valence-electron chi connectivity index (χ0n) is 11.7. The highest BCUT2D eigenvalue weighted by molar-refractivity contribution is 14.1.